The minimum Gasteiger partial charge on any atom is -0.508 e. The van der Waals surface area contributed by atoms with Crippen LogP contribution in [0.25, 0.3) is 0 Å². The van der Waals surface area contributed by atoms with Crippen molar-refractivity contribution in [3.63, 3.8) is 0 Å². The fourth-order valence-electron chi connectivity index (χ4n) is 11.4. The van der Waals surface area contributed by atoms with Gasteiger partial charge in [-0.05, 0) is 106 Å². The van der Waals surface area contributed by atoms with Crippen LogP contribution in [0, 0.1) is 41.4 Å². The lowest BCUT2D eigenvalue weighted by Crippen LogP contribution is -2.70. The van der Waals surface area contributed by atoms with Gasteiger partial charge in [0.05, 0.1) is 36.4 Å². The Labute approximate surface area is 454 Å². The summed E-state index contributed by atoms with van der Waals surface area (Å²) in [6.45, 7) is 14.4. The monoisotopic (exact) mass is 1070 g/mol. The van der Waals surface area contributed by atoms with Gasteiger partial charge in [0.25, 0.3) is 5.91 Å². The minimum atomic E-state index is -1.50. The number of benzene rings is 1. The molecule has 2 saturated heterocycles. The Morgan fingerprint density at radius 2 is 1.75 bits per heavy atom. The summed E-state index contributed by atoms with van der Waals surface area (Å²) in [5, 5.41) is 65.8. The van der Waals surface area contributed by atoms with Crippen LogP contribution >= 0.6 is 0 Å². The van der Waals surface area contributed by atoms with E-state index in [9.17, 15) is 54.3 Å². The highest BCUT2D eigenvalue weighted by Gasteiger charge is 2.60. The first-order valence-corrected chi connectivity index (χ1v) is 28.1. The van der Waals surface area contributed by atoms with Crippen LogP contribution in [0.5, 0.6) is 5.75 Å². The number of ketones is 1. The van der Waals surface area contributed by atoms with Crippen molar-refractivity contribution in [2.45, 2.75) is 199 Å². The molecule has 2 bridgehead atoms. The Hall–Kier alpha value is -5.24. The lowest BCUT2D eigenvalue weighted by Gasteiger charge is -2.59. The molecule has 16 atom stereocenters. The summed E-state index contributed by atoms with van der Waals surface area (Å²) in [5.74, 6) is -5.37. The molecule has 4 heterocycles. The molecule has 3 fully saturated rings. The number of nitrogens with zero attached hydrogens (tertiary/aromatic N) is 1. The zero-order valence-corrected chi connectivity index (χ0v) is 46.4. The van der Waals surface area contributed by atoms with Crippen molar-refractivity contribution in [2.24, 2.45) is 41.4 Å². The summed E-state index contributed by atoms with van der Waals surface area (Å²) < 4.78 is 12.9. The van der Waals surface area contributed by atoms with Crippen molar-refractivity contribution in [3.8, 4) is 5.75 Å². The highest BCUT2D eigenvalue weighted by Crippen LogP contribution is 2.54. The largest absolute Gasteiger partial charge is 0.508 e. The molecule has 18 nitrogen and oxygen atoms in total. The number of fused-ring (bicyclic) bond motifs is 2. The molecule has 1 aromatic carbocycles. The number of amides is 4. The van der Waals surface area contributed by atoms with Gasteiger partial charge in [0.15, 0.2) is 5.72 Å². The van der Waals surface area contributed by atoms with Gasteiger partial charge in [0.2, 0.25) is 17.7 Å². The number of cyclic esters (lactones) is 1. The average Bonchev–Trinajstić information content (AvgIpc) is 3.38. The van der Waals surface area contributed by atoms with Crippen molar-refractivity contribution >= 4 is 35.4 Å². The minimum absolute atomic E-state index is 0.00358. The van der Waals surface area contributed by atoms with Crippen LogP contribution < -0.4 is 21.4 Å². The molecule has 1 aromatic rings. The summed E-state index contributed by atoms with van der Waals surface area (Å²) in [4.78, 5) is 82.1. The van der Waals surface area contributed by atoms with Gasteiger partial charge in [-0.15, -0.1) is 0 Å². The number of aromatic hydroxyl groups is 1. The van der Waals surface area contributed by atoms with E-state index in [-0.39, 0.29) is 85.9 Å². The van der Waals surface area contributed by atoms with Gasteiger partial charge in [-0.3, -0.25) is 29.0 Å². The Balaban J connectivity index is 1.18. The standard InChI is InChI=1S/C59H87N5O13/c1-9-40-29-42-30-41-26-36(6)51(77-59(41,42)62-54(40)71)32-48(68)34(4)16-11-10-12-17-35(5)50-22-14-20-44(67)31-49(69)38(8)53(70)45(24-23-37(7)65)55(72)61-52(33(2)3)56(73)60-47(28-39-18-13-19-43(66)27-39)57(74)64-25-15-21-46(63-64)58(75)76-50/h10,12-14,17-20,26-27,33-34,36,38,40,42,44-53,63,66-70H,9,11,15-16,21-25,28-32H2,1-8H3,(H,60,73)(H,61,72)(H,62,71)/b12-10+,20-14+,35-17+/t34-,36+,38-,40-,42+,44?,45+,46?,47-,48-,49-,50-,51-,52-,53+,59-/m0/s1. The number of hydrogen-bond donors (Lipinski definition) is 9. The number of phenolic OH excluding ortho intramolecular Hbond substituents is 1. The number of nitrogens with one attached hydrogen (secondary N) is 4. The first kappa shape index (κ1) is 61.0. The number of carbonyl (C=O) groups is 6. The highest BCUT2D eigenvalue weighted by molar-refractivity contribution is 5.93. The molecule has 18 heteroatoms. The van der Waals surface area contributed by atoms with Crippen LogP contribution in [0.2, 0.25) is 0 Å². The molecule has 0 radical (unpaired) electrons. The van der Waals surface area contributed by atoms with Crippen molar-refractivity contribution < 1.29 is 63.8 Å². The van der Waals surface area contributed by atoms with E-state index in [0.29, 0.717) is 43.2 Å². The van der Waals surface area contributed by atoms with E-state index in [1.807, 2.05) is 39.0 Å². The van der Waals surface area contributed by atoms with Gasteiger partial charge < -0.3 is 55.8 Å². The second-order valence-corrected chi connectivity index (χ2v) is 23.0. The van der Waals surface area contributed by atoms with E-state index in [4.69, 9.17) is 9.47 Å². The second-order valence-electron chi connectivity index (χ2n) is 23.0. The Kier molecular flexibility index (Phi) is 21.8. The molecular weight excluding hydrogens is 987 g/mol. The molecule has 4 amide bonds. The molecule has 2 unspecified atom stereocenters. The Morgan fingerprint density at radius 3 is 2.45 bits per heavy atom. The van der Waals surface area contributed by atoms with Crippen molar-refractivity contribution in [1.29, 1.82) is 0 Å². The molecule has 1 aliphatic carbocycles. The zero-order valence-electron chi connectivity index (χ0n) is 46.4. The summed E-state index contributed by atoms with van der Waals surface area (Å²) in [6.07, 6.45) is 9.98. The van der Waals surface area contributed by atoms with E-state index in [1.54, 1.807) is 32.1 Å². The smallest absolute Gasteiger partial charge is 0.325 e. The van der Waals surface area contributed by atoms with Gasteiger partial charge in [-0.25, -0.2) is 5.43 Å². The van der Waals surface area contributed by atoms with Gasteiger partial charge in [0, 0.05) is 62.3 Å². The number of ether oxygens (including phenoxy) is 2. The van der Waals surface area contributed by atoms with Crippen LogP contribution in [-0.2, 0) is 44.7 Å². The fraction of sp³-hybridized carbons (Fsp3) is 0.661. The van der Waals surface area contributed by atoms with Crippen LogP contribution in [0.1, 0.15) is 138 Å². The number of allylic oxidation sites excluding steroid dienone is 3. The number of aliphatic hydroxyl groups is 4. The maximum absolute atomic E-state index is 14.5. The van der Waals surface area contributed by atoms with E-state index in [0.717, 1.165) is 24.8 Å². The van der Waals surface area contributed by atoms with Gasteiger partial charge in [-0.2, -0.15) is 0 Å². The molecular formula is C59H87N5O13. The normalized spacial score (nSPS) is 34.4. The predicted octanol–water partition coefficient (Wildman–Crippen LogP) is 4.92. The molecule has 1 saturated carbocycles. The van der Waals surface area contributed by atoms with Crippen molar-refractivity contribution in [2.75, 3.05) is 6.54 Å². The second kappa shape index (κ2) is 27.6. The third-order valence-corrected chi connectivity index (χ3v) is 16.7. The summed E-state index contributed by atoms with van der Waals surface area (Å²) in [7, 11) is 0. The molecule has 77 heavy (non-hydrogen) atoms. The quantitative estimate of drug-likeness (QED) is 0.0642. The zero-order chi connectivity index (χ0) is 56.3. The topological polar surface area (TPSA) is 273 Å². The van der Waals surface area contributed by atoms with E-state index in [1.165, 1.54) is 37.1 Å². The first-order chi connectivity index (χ1) is 36.5. The summed E-state index contributed by atoms with van der Waals surface area (Å²) in [6, 6.07) is 2.83. The highest BCUT2D eigenvalue weighted by atomic mass is 16.5. The SMILES string of the molecule is CC[C@H]1C[C@@H]2CC3=C[C@@H](C)[C@H](C[C@H](O)[C@@H](C)CC/C=C/C=C(\C)[C@@H]4C/C=C/C(O)C[C@H](O)[C@H](C)[C@@H](O)[C@@H](CCC(C)=O)C(=O)N[C@@H](C(C)C)C(=O)N[C@@H](Cc5cccc(O)c5)C(=O)N5CCCC(N5)C(=O)O4)O[C@@]32NC1=O. The van der Waals surface area contributed by atoms with Crippen molar-refractivity contribution in [3.05, 3.63) is 77.4 Å². The van der Waals surface area contributed by atoms with Crippen LogP contribution in [0.15, 0.2) is 71.9 Å². The third kappa shape index (κ3) is 15.7. The molecule has 9 N–H and O–H groups in total. The lowest BCUT2D eigenvalue weighted by atomic mass is 9.62. The number of phenols is 1. The Bertz CT molecular complexity index is 2370. The maximum atomic E-state index is 14.5. The number of esters is 1. The lowest BCUT2D eigenvalue weighted by molar-refractivity contribution is -0.205. The van der Waals surface area contributed by atoms with E-state index in [2.05, 4.69) is 34.4 Å². The van der Waals surface area contributed by atoms with E-state index < -0.39 is 95.8 Å². The fourth-order valence-corrected chi connectivity index (χ4v) is 11.4. The van der Waals surface area contributed by atoms with E-state index >= 15 is 0 Å². The van der Waals surface area contributed by atoms with Gasteiger partial charge in [0.1, 0.15) is 35.8 Å². The molecule has 5 aliphatic rings. The van der Waals surface area contributed by atoms with Crippen molar-refractivity contribution in [1.82, 2.24) is 26.4 Å². The molecule has 0 aromatic heterocycles. The number of hydrazine groups is 1. The number of hydrogen-bond acceptors (Lipinski definition) is 14. The first-order valence-electron chi connectivity index (χ1n) is 28.1. The average molecular weight is 1070 g/mol. The van der Waals surface area contributed by atoms with Crippen LogP contribution in [0.3, 0.4) is 0 Å². The predicted molar refractivity (Wildman–Crippen MR) is 289 cm³/mol. The number of Topliss-reactive ketones (excluding diaryl/α,β-unsaturated/α-hetero) is 1. The van der Waals surface area contributed by atoms with Gasteiger partial charge in [-0.1, -0.05) is 90.1 Å². The maximum Gasteiger partial charge on any atom is 0.325 e. The number of rotatable bonds is 15. The van der Waals surface area contributed by atoms with Crippen LogP contribution in [-0.4, -0.2) is 133 Å². The summed E-state index contributed by atoms with van der Waals surface area (Å²) >= 11 is 0. The number of carbonyl (C=O) groups excluding carboxylic acids is 6. The number of aliphatic hydroxyl groups excluding tert-OH is 4. The summed E-state index contributed by atoms with van der Waals surface area (Å²) in [5.41, 5.74) is 4.62. The molecule has 426 valence electrons. The molecule has 4 aliphatic heterocycles. The Morgan fingerprint density at radius 1 is 1.00 bits per heavy atom. The third-order valence-electron chi connectivity index (χ3n) is 16.7. The number of piperidine rings is 1. The van der Waals surface area contributed by atoms with Gasteiger partial charge >= 0.3 is 5.97 Å². The molecule has 1 spiro atoms. The molecule has 6 rings (SSSR count). The van der Waals surface area contributed by atoms with Crippen LogP contribution in [0.4, 0.5) is 0 Å².